The van der Waals surface area contributed by atoms with Crippen molar-refractivity contribution >= 4 is 33.4 Å². The molecule has 1 atom stereocenters. The van der Waals surface area contributed by atoms with E-state index in [1.54, 1.807) is 6.07 Å². The van der Waals surface area contributed by atoms with Gasteiger partial charge in [0.05, 0.1) is 10.0 Å². The summed E-state index contributed by atoms with van der Waals surface area (Å²) < 4.78 is 13.4. The summed E-state index contributed by atoms with van der Waals surface area (Å²) in [4.78, 5) is 11.9. The first kappa shape index (κ1) is 14.5. The zero-order valence-electron chi connectivity index (χ0n) is 9.47. The highest BCUT2D eigenvalue weighted by molar-refractivity contribution is 9.10. The van der Waals surface area contributed by atoms with Crippen LogP contribution in [0.15, 0.2) is 22.7 Å². The minimum absolute atomic E-state index is 0.0245. The van der Waals surface area contributed by atoms with Crippen LogP contribution < -0.4 is 5.32 Å². The standard InChI is InChI=1S/C12H14BrClFNO/c1-8(4-3-7-14)16-12(17)9-5-2-6-10(15)11(9)13/h2,5-6,8H,3-4,7H2,1H3,(H,16,17). The lowest BCUT2D eigenvalue weighted by atomic mass is 10.1. The molecule has 1 aromatic rings. The van der Waals surface area contributed by atoms with Gasteiger partial charge >= 0.3 is 0 Å². The number of halogens is 3. The molecule has 0 saturated heterocycles. The average molecular weight is 323 g/mol. The molecule has 0 aliphatic rings. The minimum atomic E-state index is -0.439. The summed E-state index contributed by atoms with van der Waals surface area (Å²) >= 11 is 8.64. The summed E-state index contributed by atoms with van der Waals surface area (Å²) in [5, 5.41) is 2.80. The first-order valence-electron chi connectivity index (χ1n) is 5.37. The Hall–Kier alpha value is -0.610. The van der Waals surface area contributed by atoms with Crippen molar-refractivity contribution in [1.29, 1.82) is 0 Å². The molecule has 0 fully saturated rings. The van der Waals surface area contributed by atoms with Gasteiger partial charge in [-0.2, -0.15) is 0 Å². The number of nitrogens with one attached hydrogen (secondary N) is 1. The smallest absolute Gasteiger partial charge is 0.252 e. The third-order valence-electron chi connectivity index (χ3n) is 2.34. The summed E-state index contributed by atoms with van der Waals surface area (Å²) in [6.45, 7) is 1.90. The number of hydrogen-bond donors (Lipinski definition) is 1. The fourth-order valence-electron chi connectivity index (χ4n) is 1.44. The van der Waals surface area contributed by atoms with Crippen LogP contribution in [0.25, 0.3) is 0 Å². The Morgan fingerprint density at radius 2 is 2.29 bits per heavy atom. The van der Waals surface area contributed by atoms with Crippen molar-refractivity contribution in [2.45, 2.75) is 25.8 Å². The lowest BCUT2D eigenvalue weighted by Gasteiger charge is -2.14. The highest BCUT2D eigenvalue weighted by Gasteiger charge is 2.14. The van der Waals surface area contributed by atoms with Crippen molar-refractivity contribution in [2.75, 3.05) is 5.88 Å². The third kappa shape index (κ3) is 4.28. The number of amides is 1. The first-order valence-corrected chi connectivity index (χ1v) is 6.70. The second-order valence-corrected chi connectivity index (χ2v) is 4.98. The summed E-state index contributed by atoms with van der Waals surface area (Å²) in [5.41, 5.74) is 0.308. The normalized spacial score (nSPS) is 12.2. The number of hydrogen-bond acceptors (Lipinski definition) is 1. The van der Waals surface area contributed by atoms with Crippen molar-refractivity contribution in [1.82, 2.24) is 5.32 Å². The molecule has 0 aliphatic heterocycles. The Morgan fingerprint density at radius 1 is 1.59 bits per heavy atom. The van der Waals surface area contributed by atoms with Crippen LogP contribution in [0.4, 0.5) is 4.39 Å². The molecule has 1 amide bonds. The molecule has 0 aliphatic carbocycles. The van der Waals surface area contributed by atoms with Gasteiger partial charge in [0.15, 0.2) is 0 Å². The molecular weight excluding hydrogens is 308 g/mol. The van der Waals surface area contributed by atoms with Gasteiger partial charge in [0.1, 0.15) is 5.82 Å². The van der Waals surface area contributed by atoms with Gasteiger partial charge < -0.3 is 5.32 Å². The molecule has 17 heavy (non-hydrogen) atoms. The molecule has 5 heteroatoms. The predicted molar refractivity (Wildman–Crippen MR) is 71.0 cm³/mol. The number of alkyl halides is 1. The minimum Gasteiger partial charge on any atom is -0.350 e. The maximum atomic E-state index is 13.2. The van der Waals surface area contributed by atoms with Crippen LogP contribution >= 0.6 is 27.5 Å². The van der Waals surface area contributed by atoms with Crippen molar-refractivity contribution in [3.05, 3.63) is 34.1 Å². The van der Waals surface area contributed by atoms with E-state index < -0.39 is 5.82 Å². The van der Waals surface area contributed by atoms with E-state index in [4.69, 9.17) is 11.6 Å². The van der Waals surface area contributed by atoms with E-state index in [2.05, 4.69) is 21.2 Å². The summed E-state index contributed by atoms with van der Waals surface area (Å²) in [6.07, 6.45) is 1.65. The predicted octanol–water partition coefficient (Wildman–Crippen LogP) is 3.73. The Labute approximate surface area is 114 Å². The van der Waals surface area contributed by atoms with E-state index in [1.165, 1.54) is 12.1 Å². The molecule has 2 nitrogen and oxygen atoms in total. The van der Waals surface area contributed by atoms with Crippen LogP contribution in [0, 0.1) is 5.82 Å². The first-order chi connectivity index (χ1) is 8.06. The van der Waals surface area contributed by atoms with Gasteiger partial charge in [-0.25, -0.2) is 4.39 Å². The fourth-order valence-corrected chi connectivity index (χ4v) is 2.03. The lowest BCUT2D eigenvalue weighted by molar-refractivity contribution is 0.0937. The quantitative estimate of drug-likeness (QED) is 0.822. The number of carbonyl (C=O) groups excluding carboxylic acids is 1. The second-order valence-electron chi connectivity index (χ2n) is 3.81. The van der Waals surface area contributed by atoms with E-state index in [0.29, 0.717) is 11.4 Å². The third-order valence-corrected chi connectivity index (χ3v) is 3.42. The molecule has 0 radical (unpaired) electrons. The molecule has 94 valence electrons. The van der Waals surface area contributed by atoms with Crippen molar-refractivity contribution in [3.63, 3.8) is 0 Å². The van der Waals surface area contributed by atoms with Gasteiger partial charge in [-0.15, -0.1) is 11.6 Å². The van der Waals surface area contributed by atoms with Crippen molar-refractivity contribution in [3.8, 4) is 0 Å². The second kappa shape index (κ2) is 6.97. The van der Waals surface area contributed by atoms with E-state index in [0.717, 1.165) is 12.8 Å². The Morgan fingerprint density at radius 3 is 2.94 bits per heavy atom. The molecule has 1 aromatic carbocycles. The molecular formula is C12H14BrClFNO. The topological polar surface area (TPSA) is 29.1 Å². The molecule has 0 bridgehead atoms. The highest BCUT2D eigenvalue weighted by Crippen LogP contribution is 2.20. The Balaban J connectivity index is 2.67. The number of carbonyl (C=O) groups is 1. The molecule has 1 N–H and O–H groups in total. The molecule has 1 unspecified atom stereocenters. The van der Waals surface area contributed by atoms with Gasteiger partial charge in [0.2, 0.25) is 0 Å². The van der Waals surface area contributed by atoms with Gasteiger partial charge in [-0.3, -0.25) is 4.79 Å². The Kier molecular flexibility index (Phi) is 5.92. The van der Waals surface area contributed by atoms with Gasteiger partial charge in [-0.1, -0.05) is 6.07 Å². The highest BCUT2D eigenvalue weighted by atomic mass is 79.9. The maximum absolute atomic E-state index is 13.2. The van der Waals surface area contributed by atoms with Crippen LogP contribution in [0.3, 0.4) is 0 Å². The molecule has 0 saturated carbocycles. The number of rotatable bonds is 5. The van der Waals surface area contributed by atoms with E-state index in [1.807, 2.05) is 6.92 Å². The van der Waals surface area contributed by atoms with Crippen molar-refractivity contribution < 1.29 is 9.18 Å². The molecule has 0 spiro atoms. The average Bonchev–Trinajstić information content (AvgIpc) is 2.29. The maximum Gasteiger partial charge on any atom is 0.252 e. The van der Waals surface area contributed by atoms with Crippen LogP contribution in [0.1, 0.15) is 30.1 Å². The lowest BCUT2D eigenvalue weighted by Crippen LogP contribution is -2.32. The van der Waals surface area contributed by atoms with Crippen molar-refractivity contribution in [2.24, 2.45) is 0 Å². The SMILES string of the molecule is CC(CCCCl)NC(=O)c1cccc(F)c1Br. The largest absolute Gasteiger partial charge is 0.350 e. The summed E-state index contributed by atoms with van der Waals surface area (Å²) in [5.74, 6) is -0.145. The van der Waals surface area contributed by atoms with Gasteiger partial charge in [-0.05, 0) is 47.8 Å². The van der Waals surface area contributed by atoms with Crippen LogP contribution in [-0.4, -0.2) is 17.8 Å². The van der Waals surface area contributed by atoms with E-state index >= 15 is 0 Å². The summed E-state index contributed by atoms with van der Waals surface area (Å²) in [7, 11) is 0. The zero-order chi connectivity index (χ0) is 12.8. The van der Waals surface area contributed by atoms with Crippen LogP contribution in [0.2, 0.25) is 0 Å². The molecule has 0 aromatic heterocycles. The monoisotopic (exact) mass is 321 g/mol. The zero-order valence-corrected chi connectivity index (χ0v) is 11.8. The van der Waals surface area contributed by atoms with E-state index in [9.17, 15) is 9.18 Å². The van der Waals surface area contributed by atoms with E-state index in [-0.39, 0.29) is 16.4 Å². The van der Waals surface area contributed by atoms with Crippen LogP contribution in [0.5, 0.6) is 0 Å². The van der Waals surface area contributed by atoms with Gasteiger partial charge in [0, 0.05) is 11.9 Å². The fraction of sp³-hybridized carbons (Fsp3) is 0.417. The Bertz CT molecular complexity index is 400. The van der Waals surface area contributed by atoms with Gasteiger partial charge in [0.25, 0.3) is 5.91 Å². The van der Waals surface area contributed by atoms with Crippen LogP contribution in [-0.2, 0) is 0 Å². The molecule has 0 heterocycles. The molecule has 1 rings (SSSR count). The number of benzene rings is 1. The summed E-state index contributed by atoms with van der Waals surface area (Å²) in [6, 6.07) is 4.42.